The highest BCUT2D eigenvalue weighted by atomic mass is 32.2. The molecule has 0 saturated carbocycles. The quantitative estimate of drug-likeness (QED) is 0.525. The number of aliphatic hydroxyl groups excluding tert-OH is 1. The second kappa shape index (κ2) is 5.88. The second-order valence-corrected chi connectivity index (χ2v) is 4.81. The molecule has 0 saturated heterocycles. The van der Waals surface area contributed by atoms with E-state index < -0.39 is 5.97 Å². The molecule has 19 heavy (non-hydrogen) atoms. The molecule has 6 heteroatoms. The van der Waals surface area contributed by atoms with Crippen LogP contribution in [0.1, 0.15) is 5.56 Å². The Morgan fingerprint density at radius 1 is 1.47 bits per heavy atom. The Hall–Kier alpha value is -1.82. The zero-order valence-corrected chi connectivity index (χ0v) is 11.0. The number of nitrogens with zero attached hydrogens (tertiary/aromatic N) is 1. The number of ether oxygens (including phenoxy) is 1. The lowest BCUT2D eigenvalue weighted by Crippen LogP contribution is -2.08. The number of thioether (sulfide) groups is 1. The number of rotatable bonds is 3. The van der Waals surface area contributed by atoms with E-state index in [2.05, 4.69) is 4.99 Å². The Balaban J connectivity index is 2.07. The van der Waals surface area contributed by atoms with Gasteiger partial charge in [0.05, 0.1) is 0 Å². The first-order valence-corrected chi connectivity index (χ1v) is 6.54. The molecule has 0 fully saturated rings. The fourth-order valence-electron chi connectivity index (χ4n) is 1.59. The second-order valence-electron chi connectivity index (χ2n) is 3.84. The first-order chi connectivity index (χ1) is 9.11. The van der Waals surface area contributed by atoms with E-state index in [9.17, 15) is 14.3 Å². The fraction of sp³-hybridized carbons (Fsp3) is 0.231. The number of aliphatic imine (C=N–C) groups is 1. The first kappa shape index (κ1) is 13.6. The van der Waals surface area contributed by atoms with E-state index in [-0.39, 0.29) is 23.8 Å². The van der Waals surface area contributed by atoms with Crippen LogP contribution in [0.3, 0.4) is 0 Å². The minimum atomic E-state index is -0.565. The van der Waals surface area contributed by atoms with E-state index in [4.69, 9.17) is 4.74 Å². The van der Waals surface area contributed by atoms with Crippen molar-refractivity contribution in [2.45, 2.75) is 5.75 Å². The minimum Gasteiger partial charge on any atom is -0.508 e. The Morgan fingerprint density at radius 3 is 2.68 bits per heavy atom. The van der Waals surface area contributed by atoms with Gasteiger partial charge < -0.3 is 9.84 Å². The molecule has 0 bridgehead atoms. The molecule has 1 N–H and O–H groups in total. The standard InChI is InChI=1S/C13H12FNO3S/c1-15-12(11-10(16)6-18-13(11)17)19-7-8-2-4-9(14)5-3-8/h2-5,16H,6-7H2,1H3. The predicted octanol–water partition coefficient (Wildman–Crippen LogP) is 2.46. The van der Waals surface area contributed by atoms with Crippen LogP contribution in [0.2, 0.25) is 0 Å². The number of carbonyl (C=O) groups is 1. The molecule has 0 atom stereocenters. The molecule has 1 aromatic carbocycles. The highest BCUT2D eigenvalue weighted by Gasteiger charge is 2.29. The zero-order valence-electron chi connectivity index (χ0n) is 10.2. The van der Waals surface area contributed by atoms with Gasteiger partial charge in [-0.2, -0.15) is 0 Å². The first-order valence-electron chi connectivity index (χ1n) is 5.55. The molecule has 0 aliphatic carbocycles. The lowest BCUT2D eigenvalue weighted by Gasteiger charge is -2.05. The van der Waals surface area contributed by atoms with Crippen molar-refractivity contribution in [3.05, 3.63) is 47.0 Å². The molecule has 0 aromatic heterocycles. The van der Waals surface area contributed by atoms with Crippen LogP contribution in [-0.4, -0.2) is 29.8 Å². The van der Waals surface area contributed by atoms with Gasteiger partial charge in [0.1, 0.15) is 28.8 Å². The Bertz CT molecular complexity index is 552. The Labute approximate surface area is 114 Å². The maximum atomic E-state index is 12.8. The average molecular weight is 281 g/mol. The number of benzene rings is 1. The van der Waals surface area contributed by atoms with Gasteiger partial charge in [-0.05, 0) is 17.7 Å². The van der Waals surface area contributed by atoms with Gasteiger partial charge >= 0.3 is 5.97 Å². The van der Waals surface area contributed by atoms with Crippen LogP contribution < -0.4 is 0 Å². The van der Waals surface area contributed by atoms with Crippen molar-refractivity contribution >= 4 is 22.8 Å². The average Bonchev–Trinajstić information content (AvgIpc) is 2.73. The van der Waals surface area contributed by atoms with Crippen LogP contribution in [0.5, 0.6) is 0 Å². The van der Waals surface area contributed by atoms with Gasteiger partial charge in [-0.1, -0.05) is 12.1 Å². The van der Waals surface area contributed by atoms with Crippen LogP contribution >= 0.6 is 11.8 Å². The number of carbonyl (C=O) groups excluding carboxylic acids is 1. The molecular formula is C13H12FNO3S. The Morgan fingerprint density at radius 2 is 2.16 bits per heavy atom. The summed E-state index contributed by atoms with van der Waals surface area (Å²) in [6.07, 6.45) is 0. The summed E-state index contributed by atoms with van der Waals surface area (Å²) in [4.78, 5) is 15.4. The number of hydrogen-bond acceptors (Lipinski definition) is 5. The van der Waals surface area contributed by atoms with Crippen molar-refractivity contribution in [3.8, 4) is 0 Å². The summed E-state index contributed by atoms with van der Waals surface area (Å²) in [6, 6.07) is 6.08. The van der Waals surface area contributed by atoms with E-state index in [1.165, 1.54) is 23.9 Å². The topological polar surface area (TPSA) is 58.9 Å². The molecule has 100 valence electrons. The molecular weight excluding hydrogens is 269 g/mol. The number of aliphatic hydroxyl groups is 1. The van der Waals surface area contributed by atoms with Crippen LogP contribution in [0.4, 0.5) is 4.39 Å². The summed E-state index contributed by atoms with van der Waals surface area (Å²) in [6.45, 7) is -0.107. The van der Waals surface area contributed by atoms with Crippen LogP contribution in [-0.2, 0) is 15.3 Å². The monoisotopic (exact) mass is 281 g/mol. The number of cyclic esters (lactones) is 1. The van der Waals surface area contributed by atoms with Gasteiger partial charge in [0.2, 0.25) is 0 Å². The highest BCUT2D eigenvalue weighted by Crippen LogP contribution is 2.24. The van der Waals surface area contributed by atoms with Crippen molar-refractivity contribution in [2.75, 3.05) is 13.7 Å². The van der Waals surface area contributed by atoms with E-state index in [1.807, 2.05) is 0 Å². The molecule has 0 spiro atoms. The van der Waals surface area contributed by atoms with Gasteiger partial charge in [-0.3, -0.25) is 4.99 Å². The summed E-state index contributed by atoms with van der Waals surface area (Å²) >= 11 is 1.29. The molecule has 4 nitrogen and oxygen atoms in total. The lowest BCUT2D eigenvalue weighted by molar-refractivity contribution is -0.135. The largest absolute Gasteiger partial charge is 0.508 e. The number of hydrogen-bond donors (Lipinski definition) is 1. The molecule has 0 radical (unpaired) electrons. The third-order valence-corrected chi connectivity index (χ3v) is 3.68. The maximum Gasteiger partial charge on any atom is 0.344 e. The summed E-state index contributed by atoms with van der Waals surface area (Å²) < 4.78 is 17.5. The number of esters is 1. The third kappa shape index (κ3) is 3.14. The highest BCUT2D eigenvalue weighted by molar-refractivity contribution is 8.13. The van der Waals surface area contributed by atoms with Gasteiger partial charge in [0, 0.05) is 12.8 Å². The molecule has 0 amide bonds. The molecule has 1 aromatic rings. The minimum absolute atomic E-state index is 0.0998. The van der Waals surface area contributed by atoms with Crippen LogP contribution in [0.15, 0.2) is 40.6 Å². The van der Waals surface area contributed by atoms with Crippen LogP contribution in [0, 0.1) is 5.82 Å². The summed E-state index contributed by atoms with van der Waals surface area (Å²) in [5.41, 5.74) is 1.02. The molecule has 1 aliphatic heterocycles. The zero-order chi connectivity index (χ0) is 13.8. The van der Waals surface area contributed by atoms with Gasteiger partial charge in [0.15, 0.2) is 0 Å². The van der Waals surface area contributed by atoms with Gasteiger partial charge in [-0.25, -0.2) is 9.18 Å². The normalized spacial score (nSPS) is 15.9. The van der Waals surface area contributed by atoms with Crippen LogP contribution in [0.25, 0.3) is 0 Å². The molecule has 0 unspecified atom stereocenters. The number of halogens is 1. The maximum absolute atomic E-state index is 12.8. The summed E-state index contributed by atoms with van der Waals surface area (Å²) in [5.74, 6) is -0.434. The van der Waals surface area contributed by atoms with E-state index in [0.717, 1.165) is 5.56 Å². The molecule has 1 heterocycles. The van der Waals surface area contributed by atoms with Gasteiger partial charge in [0.25, 0.3) is 0 Å². The fourth-order valence-corrected chi connectivity index (χ4v) is 2.56. The van der Waals surface area contributed by atoms with E-state index in [0.29, 0.717) is 10.8 Å². The van der Waals surface area contributed by atoms with Crippen molar-refractivity contribution in [1.29, 1.82) is 0 Å². The van der Waals surface area contributed by atoms with Gasteiger partial charge in [-0.15, -0.1) is 11.8 Å². The van der Waals surface area contributed by atoms with Crippen molar-refractivity contribution in [3.63, 3.8) is 0 Å². The third-order valence-electron chi connectivity index (χ3n) is 2.54. The lowest BCUT2D eigenvalue weighted by atomic mass is 10.2. The SMILES string of the molecule is CN=C(SCc1ccc(F)cc1)C1=C(O)COC1=O. The van der Waals surface area contributed by atoms with E-state index >= 15 is 0 Å². The van der Waals surface area contributed by atoms with Crippen molar-refractivity contribution in [2.24, 2.45) is 4.99 Å². The van der Waals surface area contributed by atoms with E-state index in [1.54, 1.807) is 19.2 Å². The Kier molecular flexibility index (Phi) is 4.21. The molecule has 2 rings (SSSR count). The molecule has 1 aliphatic rings. The predicted molar refractivity (Wildman–Crippen MR) is 71.7 cm³/mol. The van der Waals surface area contributed by atoms with Crippen molar-refractivity contribution < 1.29 is 19.0 Å². The van der Waals surface area contributed by atoms with Crippen molar-refractivity contribution in [1.82, 2.24) is 0 Å². The summed E-state index contributed by atoms with van der Waals surface area (Å²) in [5, 5.41) is 10.0. The summed E-state index contributed by atoms with van der Waals surface area (Å²) in [7, 11) is 1.54. The smallest absolute Gasteiger partial charge is 0.344 e.